The van der Waals surface area contributed by atoms with E-state index < -0.39 is 5.97 Å². The highest BCUT2D eigenvalue weighted by atomic mass is 16.4. The van der Waals surface area contributed by atoms with Gasteiger partial charge in [-0.1, -0.05) is 48.5 Å². The lowest BCUT2D eigenvalue weighted by Gasteiger charge is -2.08. The van der Waals surface area contributed by atoms with Gasteiger partial charge in [-0.25, -0.2) is 4.79 Å². The van der Waals surface area contributed by atoms with Gasteiger partial charge in [0.25, 0.3) is 0 Å². The molecule has 5 heteroatoms. The summed E-state index contributed by atoms with van der Waals surface area (Å²) in [4.78, 5) is 24.1. The van der Waals surface area contributed by atoms with Crippen LogP contribution in [0.15, 0.2) is 82.0 Å². The molecule has 0 saturated heterocycles. The van der Waals surface area contributed by atoms with E-state index >= 15 is 0 Å². The van der Waals surface area contributed by atoms with Gasteiger partial charge in [-0.15, -0.1) is 0 Å². The van der Waals surface area contributed by atoms with Crippen LogP contribution in [0.3, 0.4) is 0 Å². The van der Waals surface area contributed by atoms with Crippen molar-refractivity contribution in [3.63, 3.8) is 0 Å². The molecule has 1 aromatic heterocycles. The van der Waals surface area contributed by atoms with E-state index in [1.54, 1.807) is 30.4 Å². The first kappa shape index (κ1) is 18.3. The van der Waals surface area contributed by atoms with Gasteiger partial charge in [0.1, 0.15) is 17.1 Å². The molecule has 5 nitrogen and oxygen atoms in total. The van der Waals surface area contributed by atoms with Crippen molar-refractivity contribution in [2.45, 2.75) is 0 Å². The third-order valence-electron chi connectivity index (χ3n) is 4.55. The molecule has 3 aromatic carbocycles. The Morgan fingerprint density at radius 3 is 2.31 bits per heavy atom. The van der Waals surface area contributed by atoms with Crippen LogP contribution in [0.25, 0.3) is 34.2 Å². The summed E-state index contributed by atoms with van der Waals surface area (Å²) in [6, 6.07) is 20.0. The molecule has 0 bridgehead atoms. The Kier molecular flexibility index (Phi) is 4.71. The zero-order valence-corrected chi connectivity index (χ0v) is 15.2. The topological polar surface area (TPSA) is 87.7 Å². The Bertz CT molecular complexity index is 1280. The SMILES string of the molecule is O=C(O)c1ccc(/C=C/c2oc3cc(O)ccc3c(=O)c2-c2ccccc2)cc1. The number of hydrogen-bond acceptors (Lipinski definition) is 4. The van der Waals surface area contributed by atoms with Crippen LogP contribution >= 0.6 is 0 Å². The number of phenolic OH excluding ortho intramolecular Hbond substituents is 1. The fourth-order valence-electron chi connectivity index (χ4n) is 3.10. The molecule has 2 N–H and O–H groups in total. The van der Waals surface area contributed by atoms with Gasteiger partial charge in [-0.2, -0.15) is 0 Å². The van der Waals surface area contributed by atoms with Crippen LogP contribution in [-0.4, -0.2) is 16.2 Å². The lowest BCUT2D eigenvalue weighted by Crippen LogP contribution is -2.07. The zero-order valence-electron chi connectivity index (χ0n) is 15.2. The van der Waals surface area contributed by atoms with Gasteiger partial charge in [-0.3, -0.25) is 4.79 Å². The maximum atomic E-state index is 13.2. The molecule has 0 aliphatic heterocycles. The number of aromatic carboxylic acids is 1. The van der Waals surface area contributed by atoms with E-state index in [0.29, 0.717) is 16.7 Å². The van der Waals surface area contributed by atoms with Crippen molar-refractivity contribution in [3.8, 4) is 16.9 Å². The Hall–Kier alpha value is -4.12. The van der Waals surface area contributed by atoms with E-state index in [1.807, 2.05) is 30.3 Å². The number of hydrogen-bond donors (Lipinski definition) is 2. The van der Waals surface area contributed by atoms with E-state index in [4.69, 9.17) is 9.52 Å². The highest BCUT2D eigenvalue weighted by Gasteiger charge is 2.15. The second-order valence-electron chi connectivity index (χ2n) is 6.48. The van der Waals surface area contributed by atoms with Crippen LogP contribution in [0.5, 0.6) is 5.75 Å². The van der Waals surface area contributed by atoms with Crippen molar-refractivity contribution in [1.82, 2.24) is 0 Å². The van der Waals surface area contributed by atoms with Crippen LogP contribution in [-0.2, 0) is 0 Å². The summed E-state index contributed by atoms with van der Waals surface area (Å²) in [5.41, 5.74) is 2.18. The largest absolute Gasteiger partial charge is 0.508 e. The normalized spacial score (nSPS) is 11.2. The molecule has 0 saturated carbocycles. The van der Waals surface area contributed by atoms with E-state index in [-0.39, 0.29) is 22.3 Å². The number of fused-ring (bicyclic) bond motifs is 1. The number of benzene rings is 3. The van der Waals surface area contributed by atoms with E-state index in [9.17, 15) is 14.7 Å². The Morgan fingerprint density at radius 2 is 1.62 bits per heavy atom. The summed E-state index contributed by atoms with van der Waals surface area (Å²) >= 11 is 0. The van der Waals surface area contributed by atoms with Crippen LogP contribution in [0, 0.1) is 0 Å². The highest BCUT2D eigenvalue weighted by molar-refractivity contribution is 5.89. The molecular weight excluding hydrogens is 368 g/mol. The lowest BCUT2D eigenvalue weighted by atomic mass is 10.0. The molecule has 0 spiro atoms. The number of carboxylic acids is 1. The van der Waals surface area contributed by atoms with E-state index in [0.717, 1.165) is 11.1 Å². The quantitative estimate of drug-likeness (QED) is 0.515. The Morgan fingerprint density at radius 1 is 0.897 bits per heavy atom. The fourth-order valence-corrected chi connectivity index (χ4v) is 3.10. The van der Waals surface area contributed by atoms with Gasteiger partial charge in [-0.05, 0) is 41.5 Å². The summed E-state index contributed by atoms with van der Waals surface area (Å²) in [6.45, 7) is 0. The molecule has 29 heavy (non-hydrogen) atoms. The zero-order chi connectivity index (χ0) is 20.4. The standard InChI is InChI=1S/C24H16O5/c25-18-11-12-19-21(14-18)29-20(22(23(19)26)16-4-2-1-3-5-16)13-8-15-6-9-17(10-7-15)24(27)28/h1-14,25H,(H,27,28)/b13-8+. The van der Waals surface area contributed by atoms with Crippen molar-refractivity contribution in [2.75, 3.05) is 0 Å². The van der Waals surface area contributed by atoms with Crippen molar-refractivity contribution in [2.24, 2.45) is 0 Å². The van der Waals surface area contributed by atoms with E-state index in [1.165, 1.54) is 24.3 Å². The molecule has 0 radical (unpaired) electrons. The highest BCUT2D eigenvalue weighted by Crippen LogP contribution is 2.27. The summed E-state index contributed by atoms with van der Waals surface area (Å²) in [5, 5.41) is 19.1. The van der Waals surface area contributed by atoms with Gasteiger partial charge in [0, 0.05) is 6.07 Å². The third-order valence-corrected chi connectivity index (χ3v) is 4.55. The molecule has 0 aliphatic rings. The fraction of sp³-hybridized carbons (Fsp3) is 0. The molecule has 1 heterocycles. The monoisotopic (exact) mass is 384 g/mol. The van der Waals surface area contributed by atoms with Crippen LogP contribution in [0.2, 0.25) is 0 Å². The summed E-state index contributed by atoms with van der Waals surface area (Å²) < 4.78 is 5.95. The van der Waals surface area contributed by atoms with Crippen LogP contribution in [0.4, 0.5) is 0 Å². The summed E-state index contributed by atoms with van der Waals surface area (Å²) in [7, 11) is 0. The smallest absolute Gasteiger partial charge is 0.335 e. The molecule has 0 fully saturated rings. The first-order valence-corrected chi connectivity index (χ1v) is 8.89. The van der Waals surface area contributed by atoms with Gasteiger partial charge in [0.15, 0.2) is 0 Å². The summed E-state index contributed by atoms with van der Waals surface area (Å²) in [5.74, 6) is -0.638. The summed E-state index contributed by atoms with van der Waals surface area (Å²) in [6.07, 6.45) is 3.41. The average molecular weight is 384 g/mol. The van der Waals surface area contributed by atoms with Crippen molar-refractivity contribution < 1.29 is 19.4 Å². The Labute approximate surface area is 165 Å². The number of phenols is 1. The van der Waals surface area contributed by atoms with Gasteiger partial charge in [0.05, 0.1) is 16.5 Å². The van der Waals surface area contributed by atoms with Crippen molar-refractivity contribution in [1.29, 1.82) is 0 Å². The van der Waals surface area contributed by atoms with Crippen molar-refractivity contribution >= 4 is 29.1 Å². The van der Waals surface area contributed by atoms with Gasteiger partial charge >= 0.3 is 5.97 Å². The third kappa shape index (κ3) is 3.66. The number of aromatic hydroxyl groups is 1. The molecule has 4 aromatic rings. The predicted molar refractivity (Wildman–Crippen MR) is 112 cm³/mol. The predicted octanol–water partition coefficient (Wildman–Crippen LogP) is 5.03. The molecule has 4 rings (SSSR count). The van der Waals surface area contributed by atoms with Crippen LogP contribution < -0.4 is 5.43 Å². The molecular formula is C24H16O5. The minimum absolute atomic E-state index is 0.00676. The van der Waals surface area contributed by atoms with Crippen LogP contribution in [0.1, 0.15) is 21.7 Å². The number of rotatable bonds is 4. The second kappa shape index (κ2) is 7.48. The molecule has 0 unspecified atom stereocenters. The average Bonchev–Trinajstić information content (AvgIpc) is 2.73. The van der Waals surface area contributed by atoms with Crippen molar-refractivity contribution in [3.05, 3.63) is 99.9 Å². The lowest BCUT2D eigenvalue weighted by molar-refractivity contribution is 0.0697. The van der Waals surface area contributed by atoms with Gasteiger partial charge < -0.3 is 14.6 Å². The number of carbonyl (C=O) groups is 1. The second-order valence-corrected chi connectivity index (χ2v) is 6.48. The minimum Gasteiger partial charge on any atom is -0.508 e. The molecule has 0 atom stereocenters. The molecule has 0 amide bonds. The first-order chi connectivity index (χ1) is 14.0. The maximum absolute atomic E-state index is 13.2. The van der Waals surface area contributed by atoms with E-state index in [2.05, 4.69) is 0 Å². The molecule has 0 aliphatic carbocycles. The van der Waals surface area contributed by atoms with Gasteiger partial charge in [0.2, 0.25) is 5.43 Å². The number of carboxylic acid groups (broad SMARTS) is 1. The first-order valence-electron chi connectivity index (χ1n) is 8.89. The minimum atomic E-state index is -0.993. The maximum Gasteiger partial charge on any atom is 0.335 e. The molecule has 142 valence electrons. The Balaban J connectivity index is 1.87.